The molecule has 0 bridgehead atoms. The predicted molar refractivity (Wildman–Crippen MR) is 98.3 cm³/mol. The van der Waals surface area contributed by atoms with Gasteiger partial charge in [-0.3, -0.25) is 9.36 Å². The Morgan fingerprint density at radius 2 is 2.08 bits per heavy atom. The number of hydrogen-bond donors (Lipinski definition) is 1. The van der Waals surface area contributed by atoms with E-state index in [4.69, 9.17) is 4.98 Å². The van der Waals surface area contributed by atoms with E-state index in [9.17, 15) is 4.79 Å². The van der Waals surface area contributed by atoms with E-state index in [-0.39, 0.29) is 5.91 Å². The number of hydrogen-bond acceptors (Lipinski definition) is 4. The van der Waals surface area contributed by atoms with Crippen LogP contribution in [0.25, 0.3) is 16.0 Å². The van der Waals surface area contributed by atoms with Crippen LogP contribution in [0.3, 0.4) is 0 Å². The van der Waals surface area contributed by atoms with E-state index in [1.165, 1.54) is 24.2 Å². The summed E-state index contributed by atoms with van der Waals surface area (Å²) in [6, 6.07) is 12.0. The third-order valence-corrected chi connectivity index (χ3v) is 5.31. The van der Waals surface area contributed by atoms with E-state index in [0.29, 0.717) is 5.92 Å². The van der Waals surface area contributed by atoms with Crippen molar-refractivity contribution in [2.24, 2.45) is 5.92 Å². The predicted octanol–water partition coefficient (Wildman–Crippen LogP) is 3.29. The van der Waals surface area contributed by atoms with Gasteiger partial charge in [-0.1, -0.05) is 18.2 Å². The maximum Gasteiger partial charge on any atom is 0.261 e. The van der Waals surface area contributed by atoms with Crippen molar-refractivity contribution in [2.45, 2.75) is 12.8 Å². The third-order valence-electron chi connectivity index (χ3n) is 4.20. The molecule has 0 atom stereocenters. The molecule has 2 aromatic heterocycles. The molecule has 24 heavy (non-hydrogen) atoms. The van der Waals surface area contributed by atoms with Crippen LogP contribution in [0.4, 0.5) is 5.95 Å². The van der Waals surface area contributed by atoms with E-state index in [1.54, 1.807) is 0 Å². The van der Waals surface area contributed by atoms with Crippen LogP contribution in [-0.2, 0) is 0 Å². The fourth-order valence-corrected chi connectivity index (χ4v) is 3.76. The van der Waals surface area contributed by atoms with Crippen LogP contribution in [-0.4, -0.2) is 36.1 Å². The molecule has 124 valence electrons. The minimum Gasteiger partial charge on any atom is -0.351 e. The number of nitrogens with one attached hydrogen (secondary N) is 1. The number of para-hydroxylation sites is 1. The van der Waals surface area contributed by atoms with Gasteiger partial charge in [0.05, 0.1) is 4.88 Å². The van der Waals surface area contributed by atoms with Crippen molar-refractivity contribution < 1.29 is 4.79 Å². The number of anilines is 1. The number of fused-ring (bicyclic) bond motifs is 1. The van der Waals surface area contributed by atoms with Crippen molar-refractivity contribution in [2.75, 3.05) is 25.5 Å². The number of benzene rings is 1. The molecule has 2 heterocycles. The number of imidazole rings is 1. The lowest BCUT2D eigenvalue weighted by Gasteiger charge is -2.14. The molecular formula is C18H20N4OS. The summed E-state index contributed by atoms with van der Waals surface area (Å²) in [4.78, 5) is 20.8. The molecule has 3 aromatic rings. The van der Waals surface area contributed by atoms with Crippen molar-refractivity contribution >= 4 is 33.5 Å². The normalized spacial score (nSPS) is 14.1. The van der Waals surface area contributed by atoms with Gasteiger partial charge in [0.25, 0.3) is 5.91 Å². The van der Waals surface area contributed by atoms with Gasteiger partial charge in [-0.25, -0.2) is 4.98 Å². The maximum absolute atomic E-state index is 12.4. The zero-order valence-corrected chi connectivity index (χ0v) is 14.6. The summed E-state index contributed by atoms with van der Waals surface area (Å²) >= 11 is 1.50. The molecule has 1 aliphatic carbocycles. The molecule has 1 N–H and O–H groups in total. The van der Waals surface area contributed by atoms with Gasteiger partial charge in [0.15, 0.2) is 0 Å². The molecule has 1 amide bonds. The summed E-state index contributed by atoms with van der Waals surface area (Å²) in [6.45, 7) is 0.788. The molecule has 0 radical (unpaired) electrons. The first-order valence-corrected chi connectivity index (χ1v) is 8.98. The Morgan fingerprint density at radius 3 is 2.75 bits per heavy atom. The van der Waals surface area contributed by atoms with Crippen LogP contribution in [0.15, 0.2) is 36.4 Å². The zero-order chi connectivity index (χ0) is 16.7. The quantitative estimate of drug-likeness (QED) is 0.775. The molecule has 1 aromatic carbocycles. The number of nitrogens with zero attached hydrogens (tertiary/aromatic N) is 3. The van der Waals surface area contributed by atoms with Crippen LogP contribution >= 0.6 is 11.3 Å². The fourth-order valence-electron chi connectivity index (χ4n) is 2.73. The minimum absolute atomic E-state index is 0.0101. The van der Waals surface area contributed by atoms with Gasteiger partial charge in [0, 0.05) is 26.3 Å². The summed E-state index contributed by atoms with van der Waals surface area (Å²) in [6.07, 6.45) is 2.47. The highest BCUT2D eigenvalue weighted by molar-refractivity contribution is 7.20. The smallest absolute Gasteiger partial charge is 0.261 e. The largest absolute Gasteiger partial charge is 0.351 e. The number of rotatable bonds is 5. The van der Waals surface area contributed by atoms with Crippen LogP contribution in [0, 0.1) is 5.92 Å². The molecule has 5 nitrogen and oxygen atoms in total. The Balaban J connectivity index is 1.74. The average molecular weight is 340 g/mol. The number of thiophene rings is 1. The van der Waals surface area contributed by atoms with Crippen molar-refractivity contribution in [1.29, 1.82) is 0 Å². The summed E-state index contributed by atoms with van der Waals surface area (Å²) in [5, 5.41) is 3.03. The van der Waals surface area contributed by atoms with Gasteiger partial charge < -0.3 is 10.2 Å². The van der Waals surface area contributed by atoms with E-state index in [2.05, 4.69) is 22.0 Å². The van der Waals surface area contributed by atoms with E-state index in [1.807, 2.05) is 43.3 Å². The second-order valence-corrected chi connectivity index (χ2v) is 7.46. The first kappa shape index (κ1) is 15.2. The van der Waals surface area contributed by atoms with Crippen molar-refractivity contribution in [3.8, 4) is 5.69 Å². The second kappa shape index (κ2) is 5.94. The lowest BCUT2D eigenvalue weighted by atomic mass is 10.3. The van der Waals surface area contributed by atoms with Crippen LogP contribution in [0.1, 0.15) is 22.5 Å². The highest BCUT2D eigenvalue weighted by Gasteiger charge is 2.23. The first-order valence-electron chi connectivity index (χ1n) is 8.16. The molecule has 0 aliphatic heterocycles. The number of carbonyl (C=O) groups is 1. The minimum atomic E-state index is 0.0101. The molecule has 4 rings (SSSR count). The van der Waals surface area contributed by atoms with Gasteiger partial charge in [0.2, 0.25) is 5.95 Å². The highest BCUT2D eigenvalue weighted by atomic mass is 32.1. The summed E-state index contributed by atoms with van der Waals surface area (Å²) < 4.78 is 2.11. The second-order valence-electron chi connectivity index (χ2n) is 6.43. The number of aromatic nitrogens is 2. The molecule has 0 spiro atoms. The molecule has 1 fully saturated rings. The Bertz CT molecular complexity index is 877. The lowest BCUT2D eigenvalue weighted by molar-refractivity contribution is 0.0956. The fraction of sp³-hybridized carbons (Fsp3) is 0.333. The molecule has 0 saturated heterocycles. The maximum atomic E-state index is 12.4. The summed E-state index contributed by atoms with van der Waals surface area (Å²) in [5.41, 5.74) is 1.92. The summed E-state index contributed by atoms with van der Waals surface area (Å²) in [5.74, 6) is 1.56. The topological polar surface area (TPSA) is 50.2 Å². The Hall–Kier alpha value is -2.34. The average Bonchev–Trinajstić information content (AvgIpc) is 3.20. The summed E-state index contributed by atoms with van der Waals surface area (Å²) in [7, 11) is 3.96. The molecule has 1 saturated carbocycles. The standard InChI is InChI=1S/C18H20N4OS/c1-21(2)18-20-14-10-15(16(23)19-11-12-8-9-12)24-17(14)22(18)13-6-4-3-5-7-13/h3-7,10,12H,8-9,11H2,1-2H3,(H,19,23). The van der Waals surface area contributed by atoms with Gasteiger partial charge >= 0.3 is 0 Å². The van der Waals surface area contributed by atoms with Crippen LogP contribution in [0.2, 0.25) is 0 Å². The SMILES string of the molecule is CN(C)c1nc2cc(C(=O)NCC3CC3)sc2n1-c1ccccc1. The van der Waals surface area contributed by atoms with Crippen LogP contribution < -0.4 is 10.2 Å². The Labute approximate surface area is 144 Å². The van der Waals surface area contributed by atoms with E-state index >= 15 is 0 Å². The van der Waals surface area contributed by atoms with Gasteiger partial charge in [-0.05, 0) is 37.0 Å². The Kier molecular flexibility index (Phi) is 3.76. The molecule has 1 aliphatic rings. The van der Waals surface area contributed by atoms with Crippen molar-refractivity contribution in [3.05, 3.63) is 41.3 Å². The van der Waals surface area contributed by atoms with Crippen molar-refractivity contribution in [3.63, 3.8) is 0 Å². The molecule has 0 unspecified atom stereocenters. The number of amides is 1. The zero-order valence-electron chi connectivity index (χ0n) is 13.8. The van der Waals surface area contributed by atoms with Gasteiger partial charge in [0.1, 0.15) is 10.3 Å². The molecular weight excluding hydrogens is 320 g/mol. The van der Waals surface area contributed by atoms with Crippen LogP contribution in [0.5, 0.6) is 0 Å². The Morgan fingerprint density at radius 1 is 1.33 bits per heavy atom. The number of carbonyl (C=O) groups excluding carboxylic acids is 1. The first-order chi connectivity index (χ1) is 11.6. The van der Waals surface area contributed by atoms with E-state index in [0.717, 1.165) is 33.4 Å². The highest BCUT2D eigenvalue weighted by Crippen LogP contribution is 2.33. The van der Waals surface area contributed by atoms with Crippen molar-refractivity contribution in [1.82, 2.24) is 14.9 Å². The van der Waals surface area contributed by atoms with Gasteiger partial charge in [-0.2, -0.15) is 0 Å². The van der Waals surface area contributed by atoms with Gasteiger partial charge in [-0.15, -0.1) is 11.3 Å². The van der Waals surface area contributed by atoms with E-state index < -0.39 is 0 Å². The lowest BCUT2D eigenvalue weighted by Crippen LogP contribution is -2.24. The monoisotopic (exact) mass is 340 g/mol. The third kappa shape index (κ3) is 2.78. The molecule has 6 heteroatoms.